The molecule has 31 heavy (non-hydrogen) atoms. The van der Waals surface area contributed by atoms with Crippen molar-refractivity contribution in [1.82, 2.24) is 10.2 Å². The fourth-order valence-corrected chi connectivity index (χ4v) is 4.08. The number of halogens is 1. The number of sulfonamides is 1. The van der Waals surface area contributed by atoms with Crippen molar-refractivity contribution >= 4 is 39.1 Å². The molecule has 168 valence electrons. The van der Waals surface area contributed by atoms with E-state index >= 15 is 0 Å². The van der Waals surface area contributed by atoms with Gasteiger partial charge in [0.1, 0.15) is 12.6 Å². The lowest BCUT2D eigenvalue weighted by Gasteiger charge is -2.31. The van der Waals surface area contributed by atoms with Gasteiger partial charge in [-0.1, -0.05) is 47.5 Å². The summed E-state index contributed by atoms with van der Waals surface area (Å²) in [6, 6.07) is 13.1. The number of anilines is 1. The standard InChI is InChI=1S/C22H28ClN3O4S/c1-5-24-22(28)17(3)25(14-18-8-6-7-9-20(18)23)21(27)15-26(31(4,29)30)19-12-10-16(2)11-13-19/h6-13,17H,5,14-15H2,1-4H3,(H,24,28). The van der Waals surface area contributed by atoms with Crippen LogP contribution in [0.15, 0.2) is 48.5 Å². The largest absolute Gasteiger partial charge is 0.355 e. The molecule has 1 unspecified atom stereocenters. The van der Waals surface area contributed by atoms with Crippen LogP contribution in [-0.2, 0) is 26.2 Å². The van der Waals surface area contributed by atoms with Crippen LogP contribution >= 0.6 is 11.6 Å². The summed E-state index contributed by atoms with van der Waals surface area (Å²) < 4.78 is 25.9. The SMILES string of the molecule is CCNC(=O)C(C)N(Cc1ccccc1Cl)C(=O)CN(c1ccc(C)cc1)S(C)(=O)=O. The van der Waals surface area contributed by atoms with Crippen LogP contribution in [0.25, 0.3) is 0 Å². The van der Waals surface area contributed by atoms with Gasteiger partial charge in [0.05, 0.1) is 11.9 Å². The number of benzene rings is 2. The molecule has 1 N–H and O–H groups in total. The second-order valence-electron chi connectivity index (χ2n) is 7.29. The highest BCUT2D eigenvalue weighted by Crippen LogP contribution is 2.21. The number of amides is 2. The molecule has 0 fully saturated rings. The first kappa shape index (κ1) is 24.7. The summed E-state index contributed by atoms with van der Waals surface area (Å²) in [6.45, 7) is 5.33. The van der Waals surface area contributed by atoms with E-state index in [4.69, 9.17) is 11.6 Å². The summed E-state index contributed by atoms with van der Waals surface area (Å²) >= 11 is 6.26. The fraction of sp³-hybridized carbons (Fsp3) is 0.364. The summed E-state index contributed by atoms with van der Waals surface area (Å²) in [4.78, 5) is 27.1. The molecule has 9 heteroatoms. The first-order chi connectivity index (χ1) is 14.5. The lowest BCUT2D eigenvalue weighted by molar-refractivity contribution is -0.139. The average molecular weight is 466 g/mol. The molecule has 0 heterocycles. The third kappa shape index (κ3) is 6.70. The van der Waals surface area contributed by atoms with Crippen LogP contribution in [0.4, 0.5) is 5.69 Å². The Balaban J connectivity index is 2.38. The molecular weight excluding hydrogens is 438 g/mol. The maximum atomic E-state index is 13.3. The Labute approximate surface area is 189 Å². The quantitative estimate of drug-likeness (QED) is 0.616. The number of hydrogen-bond acceptors (Lipinski definition) is 4. The van der Waals surface area contributed by atoms with Gasteiger partial charge in [-0.2, -0.15) is 0 Å². The van der Waals surface area contributed by atoms with Gasteiger partial charge in [-0.25, -0.2) is 8.42 Å². The Kier molecular flexibility index (Phi) is 8.47. The molecule has 7 nitrogen and oxygen atoms in total. The van der Waals surface area contributed by atoms with Crippen LogP contribution in [0.3, 0.4) is 0 Å². The molecular formula is C22H28ClN3O4S. The van der Waals surface area contributed by atoms with Gasteiger partial charge >= 0.3 is 0 Å². The minimum absolute atomic E-state index is 0.0717. The summed E-state index contributed by atoms with van der Waals surface area (Å²) in [7, 11) is -3.74. The smallest absolute Gasteiger partial charge is 0.244 e. The summed E-state index contributed by atoms with van der Waals surface area (Å²) in [6.07, 6.45) is 1.05. The van der Waals surface area contributed by atoms with Gasteiger partial charge in [-0.15, -0.1) is 0 Å². The van der Waals surface area contributed by atoms with E-state index in [1.807, 2.05) is 6.92 Å². The maximum absolute atomic E-state index is 13.3. The van der Waals surface area contributed by atoms with E-state index in [0.717, 1.165) is 16.1 Å². The molecule has 2 aromatic carbocycles. The Morgan fingerprint density at radius 2 is 1.71 bits per heavy atom. The number of rotatable bonds is 9. The van der Waals surface area contributed by atoms with Crippen LogP contribution in [0, 0.1) is 6.92 Å². The van der Waals surface area contributed by atoms with E-state index in [1.54, 1.807) is 62.4 Å². The molecule has 2 rings (SSSR count). The van der Waals surface area contributed by atoms with Crippen molar-refractivity contribution < 1.29 is 18.0 Å². The number of aryl methyl sites for hydroxylation is 1. The van der Waals surface area contributed by atoms with Crippen molar-refractivity contribution in [2.45, 2.75) is 33.4 Å². The van der Waals surface area contributed by atoms with Crippen molar-refractivity contribution in [3.05, 3.63) is 64.7 Å². The molecule has 0 aliphatic carbocycles. The van der Waals surface area contributed by atoms with Gasteiger partial charge in [-0.05, 0) is 44.5 Å². The highest BCUT2D eigenvalue weighted by Gasteiger charge is 2.30. The number of nitrogens with one attached hydrogen (secondary N) is 1. The third-order valence-electron chi connectivity index (χ3n) is 4.82. The number of nitrogens with zero attached hydrogens (tertiary/aromatic N) is 2. The number of likely N-dealkylation sites (N-methyl/N-ethyl adjacent to an activating group) is 1. The minimum Gasteiger partial charge on any atom is -0.355 e. The van der Waals surface area contributed by atoms with Gasteiger partial charge in [0.15, 0.2) is 0 Å². The fourth-order valence-electron chi connectivity index (χ4n) is 3.04. The van der Waals surface area contributed by atoms with E-state index in [0.29, 0.717) is 22.8 Å². The first-order valence-electron chi connectivity index (χ1n) is 9.89. The van der Waals surface area contributed by atoms with Gasteiger partial charge in [-0.3, -0.25) is 13.9 Å². The second-order valence-corrected chi connectivity index (χ2v) is 9.60. The zero-order chi connectivity index (χ0) is 23.2. The molecule has 0 saturated carbocycles. The van der Waals surface area contributed by atoms with Crippen LogP contribution < -0.4 is 9.62 Å². The Hall–Kier alpha value is -2.58. The van der Waals surface area contributed by atoms with Crippen LogP contribution in [0.2, 0.25) is 5.02 Å². The van der Waals surface area contributed by atoms with Gasteiger partial charge < -0.3 is 10.2 Å². The topological polar surface area (TPSA) is 86.8 Å². The Bertz CT molecular complexity index is 1030. The summed E-state index contributed by atoms with van der Waals surface area (Å²) in [5, 5.41) is 3.16. The molecule has 0 radical (unpaired) electrons. The zero-order valence-corrected chi connectivity index (χ0v) is 19.7. The molecule has 0 spiro atoms. The third-order valence-corrected chi connectivity index (χ3v) is 6.33. The maximum Gasteiger partial charge on any atom is 0.244 e. The highest BCUT2D eigenvalue weighted by molar-refractivity contribution is 7.92. The van der Waals surface area contributed by atoms with Crippen molar-refractivity contribution in [3.63, 3.8) is 0 Å². The number of hydrogen-bond donors (Lipinski definition) is 1. The molecule has 0 saturated heterocycles. The minimum atomic E-state index is -3.74. The van der Waals surface area contributed by atoms with Crippen LogP contribution in [0.5, 0.6) is 0 Å². The van der Waals surface area contributed by atoms with Crippen LogP contribution in [-0.4, -0.2) is 50.5 Å². The van der Waals surface area contributed by atoms with Crippen molar-refractivity contribution in [2.75, 3.05) is 23.7 Å². The first-order valence-corrected chi connectivity index (χ1v) is 12.1. The molecule has 2 aromatic rings. The average Bonchev–Trinajstić information content (AvgIpc) is 2.71. The van der Waals surface area contributed by atoms with E-state index in [2.05, 4.69) is 5.32 Å². The molecule has 1 atom stereocenters. The van der Waals surface area contributed by atoms with Gasteiger partial charge in [0.2, 0.25) is 21.8 Å². The molecule has 0 aliphatic rings. The molecule has 0 aliphatic heterocycles. The molecule has 0 bridgehead atoms. The Morgan fingerprint density at radius 3 is 2.26 bits per heavy atom. The summed E-state index contributed by atoms with van der Waals surface area (Å²) in [5.41, 5.74) is 2.01. The number of carbonyl (C=O) groups excluding carboxylic acids is 2. The van der Waals surface area contributed by atoms with Crippen molar-refractivity contribution in [2.24, 2.45) is 0 Å². The van der Waals surface area contributed by atoms with Gasteiger partial charge in [0.25, 0.3) is 0 Å². The molecule has 2 amide bonds. The predicted molar refractivity (Wildman–Crippen MR) is 124 cm³/mol. The van der Waals surface area contributed by atoms with E-state index in [-0.39, 0.29) is 12.5 Å². The van der Waals surface area contributed by atoms with E-state index in [1.165, 1.54) is 4.90 Å². The lowest BCUT2D eigenvalue weighted by atomic mass is 10.1. The molecule has 0 aromatic heterocycles. The highest BCUT2D eigenvalue weighted by atomic mass is 35.5. The predicted octanol–water partition coefficient (Wildman–Crippen LogP) is 2.97. The summed E-state index contributed by atoms with van der Waals surface area (Å²) in [5.74, 6) is -0.839. The van der Waals surface area contributed by atoms with Crippen molar-refractivity contribution in [3.8, 4) is 0 Å². The Morgan fingerprint density at radius 1 is 1.10 bits per heavy atom. The van der Waals surface area contributed by atoms with Crippen molar-refractivity contribution in [1.29, 1.82) is 0 Å². The lowest BCUT2D eigenvalue weighted by Crippen LogP contribution is -2.51. The van der Waals surface area contributed by atoms with Gasteiger partial charge in [0, 0.05) is 18.1 Å². The monoisotopic (exact) mass is 465 g/mol. The van der Waals surface area contributed by atoms with E-state index in [9.17, 15) is 18.0 Å². The normalized spacial score (nSPS) is 12.2. The zero-order valence-electron chi connectivity index (χ0n) is 18.1. The van der Waals surface area contributed by atoms with Crippen LogP contribution in [0.1, 0.15) is 25.0 Å². The number of carbonyl (C=O) groups is 2. The van der Waals surface area contributed by atoms with E-state index < -0.39 is 28.5 Å². The second kappa shape index (κ2) is 10.6.